The number of ether oxygens (including phenoxy) is 2. The maximum atomic E-state index is 12.4. The molecule has 1 amide bonds. The summed E-state index contributed by atoms with van der Waals surface area (Å²) < 4.78 is 11.0. The number of hydrogen-bond acceptors (Lipinski definition) is 4. The van der Waals surface area contributed by atoms with Crippen LogP contribution in [0, 0.1) is 0 Å². The Morgan fingerprint density at radius 2 is 1.97 bits per heavy atom. The van der Waals surface area contributed by atoms with Crippen molar-refractivity contribution in [3.05, 3.63) is 35.4 Å². The zero-order chi connectivity index (χ0) is 22.0. The average molecular weight is 419 g/mol. The van der Waals surface area contributed by atoms with Crippen molar-refractivity contribution in [3.63, 3.8) is 0 Å². The lowest BCUT2D eigenvalue weighted by molar-refractivity contribution is 0.00989. The molecule has 0 aromatic heterocycles. The first-order valence-corrected chi connectivity index (χ1v) is 10.8. The fraction of sp³-hybridized carbons (Fsp3) is 0.652. The zero-order valence-corrected chi connectivity index (χ0v) is 19.2. The predicted octanol–water partition coefficient (Wildman–Crippen LogP) is 2.81. The summed E-state index contributed by atoms with van der Waals surface area (Å²) in [5.74, 6) is 0.832. The van der Waals surface area contributed by atoms with Gasteiger partial charge in [-0.15, -0.1) is 0 Å². The highest BCUT2D eigenvalue weighted by Gasteiger charge is 2.22. The normalized spacial score (nSPS) is 15.9. The first-order chi connectivity index (χ1) is 14.3. The van der Waals surface area contributed by atoms with Gasteiger partial charge in [0.1, 0.15) is 0 Å². The minimum Gasteiger partial charge on any atom is -0.385 e. The van der Waals surface area contributed by atoms with E-state index in [0.717, 1.165) is 57.1 Å². The van der Waals surface area contributed by atoms with Crippen molar-refractivity contribution in [1.29, 1.82) is 0 Å². The quantitative estimate of drug-likeness (QED) is 0.386. The second kappa shape index (κ2) is 11.9. The lowest BCUT2D eigenvalue weighted by atomic mass is 10.1. The summed E-state index contributed by atoms with van der Waals surface area (Å²) in [5.41, 5.74) is 1.47. The number of guanidine groups is 1. The van der Waals surface area contributed by atoms with Gasteiger partial charge in [0.15, 0.2) is 5.96 Å². The molecule has 2 rings (SSSR count). The molecule has 1 saturated heterocycles. The number of carbonyl (C=O) groups is 1. The van der Waals surface area contributed by atoms with Crippen LogP contribution in [0.2, 0.25) is 0 Å². The number of nitrogens with one attached hydrogen (secondary N) is 2. The molecule has 2 N–H and O–H groups in total. The standard InChI is InChI=1S/C23H38N4O3/c1-23(2,3)26-21(28)19-9-6-8-18(16-19)17-25-22(24-4)27-12-10-20(11-13-27)30-15-7-14-29-5/h6,8-9,16,20H,7,10-15,17H2,1-5H3,(H,24,25)(H,26,28). The van der Waals surface area contributed by atoms with Gasteiger partial charge in [-0.25, -0.2) is 0 Å². The number of likely N-dealkylation sites (tertiary alicyclic amines) is 1. The molecule has 1 aromatic rings. The van der Waals surface area contributed by atoms with Gasteiger partial charge in [-0.2, -0.15) is 0 Å². The Balaban J connectivity index is 1.82. The van der Waals surface area contributed by atoms with E-state index < -0.39 is 0 Å². The summed E-state index contributed by atoms with van der Waals surface area (Å²) in [6.07, 6.45) is 3.24. The van der Waals surface area contributed by atoms with Crippen LogP contribution < -0.4 is 10.6 Å². The van der Waals surface area contributed by atoms with Gasteiger partial charge < -0.3 is 25.0 Å². The third-order valence-corrected chi connectivity index (χ3v) is 4.93. The third-order valence-electron chi connectivity index (χ3n) is 4.93. The second-order valence-electron chi connectivity index (χ2n) is 8.71. The van der Waals surface area contributed by atoms with Crippen LogP contribution in [0.4, 0.5) is 0 Å². The molecule has 0 unspecified atom stereocenters. The second-order valence-corrected chi connectivity index (χ2v) is 8.71. The molecule has 0 aliphatic carbocycles. The summed E-state index contributed by atoms with van der Waals surface area (Å²) in [4.78, 5) is 19.1. The first kappa shape index (κ1) is 24.2. The molecule has 1 aromatic carbocycles. The molecule has 30 heavy (non-hydrogen) atoms. The summed E-state index contributed by atoms with van der Waals surface area (Å²) in [6.45, 7) is 9.90. The van der Waals surface area contributed by atoms with E-state index in [2.05, 4.69) is 20.5 Å². The van der Waals surface area contributed by atoms with Crippen molar-refractivity contribution in [3.8, 4) is 0 Å². The molecule has 7 nitrogen and oxygen atoms in total. The van der Waals surface area contributed by atoms with E-state index in [-0.39, 0.29) is 11.4 Å². The Morgan fingerprint density at radius 3 is 2.60 bits per heavy atom. The van der Waals surface area contributed by atoms with Gasteiger partial charge in [-0.3, -0.25) is 9.79 Å². The Bertz CT molecular complexity index is 692. The van der Waals surface area contributed by atoms with Gasteiger partial charge in [-0.1, -0.05) is 12.1 Å². The molecule has 0 bridgehead atoms. The van der Waals surface area contributed by atoms with Gasteiger partial charge in [0.2, 0.25) is 0 Å². The first-order valence-electron chi connectivity index (χ1n) is 10.8. The van der Waals surface area contributed by atoms with Crippen molar-refractivity contribution in [2.45, 2.75) is 58.2 Å². The van der Waals surface area contributed by atoms with Gasteiger partial charge in [0.05, 0.1) is 6.10 Å². The number of piperidine rings is 1. The molecule has 1 fully saturated rings. The lowest BCUT2D eigenvalue weighted by Crippen LogP contribution is -2.46. The molecule has 0 atom stereocenters. The Hall–Kier alpha value is -2.12. The van der Waals surface area contributed by atoms with Crippen LogP contribution >= 0.6 is 0 Å². The highest BCUT2D eigenvalue weighted by molar-refractivity contribution is 5.94. The fourth-order valence-electron chi connectivity index (χ4n) is 3.44. The Morgan fingerprint density at radius 1 is 1.23 bits per heavy atom. The Kier molecular flexibility index (Phi) is 9.59. The maximum Gasteiger partial charge on any atom is 0.251 e. The van der Waals surface area contributed by atoms with E-state index in [1.807, 2.05) is 52.1 Å². The maximum absolute atomic E-state index is 12.4. The number of carbonyl (C=O) groups excluding carboxylic acids is 1. The van der Waals surface area contributed by atoms with Crippen molar-refractivity contribution in [2.24, 2.45) is 4.99 Å². The molecule has 0 radical (unpaired) electrons. The predicted molar refractivity (Wildman–Crippen MR) is 121 cm³/mol. The smallest absolute Gasteiger partial charge is 0.251 e. The van der Waals surface area contributed by atoms with E-state index in [0.29, 0.717) is 18.2 Å². The van der Waals surface area contributed by atoms with E-state index in [1.165, 1.54) is 0 Å². The van der Waals surface area contributed by atoms with Crippen molar-refractivity contribution < 1.29 is 14.3 Å². The molecule has 0 spiro atoms. The number of methoxy groups -OCH3 is 1. The van der Waals surface area contributed by atoms with Crippen LogP contribution in [0.5, 0.6) is 0 Å². The van der Waals surface area contributed by atoms with Crippen molar-refractivity contribution >= 4 is 11.9 Å². The van der Waals surface area contributed by atoms with E-state index in [9.17, 15) is 4.79 Å². The number of amides is 1. The van der Waals surface area contributed by atoms with Crippen LogP contribution in [0.3, 0.4) is 0 Å². The van der Waals surface area contributed by atoms with Gasteiger partial charge in [0, 0.05) is 58.1 Å². The molecule has 1 aliphatic heterocycles. The van der Waals surface area contributed by atoms with Crippen LogP contribution in [0.1, 0.15) is 56.0 Å². The Labute approximate surface area is 181 Å². The number of benzene rings is 1. The fourth-order valence-corrected chi connectivity index (χ4v) is 3.44. The third kappa shape index (κ3) is 8.32. The summed E-state index contributed by atoms with van der Waals surface area (Å²) >= 11 is 0. The highest BCUT2D eigenvalue weighted by atomic mass is 16.5. The van der Waals surface area contributed by atoms with Crippen molar-refractivity contribution in [2.75, 3.05) is 40.5 Å². The van der Waals surface area contributed by atoms with Crippen LogP contribution in [-0.4, -0.2) is 68.9 Å². The number of rotatable bonds is 8. The van der Waals surface area contributed by atoms with E-state index in [1.54, 1.807) is 7.11 Å². The highest BCUT2D eigenvalue weighted by Crippen LogP contribution is 2.15. The van der Waals surface area contributed by atoms with Crippen molar-refractivity contribution in [1.82, 2.24) is 15.5 Å². The topological polar surface area (TPSA) is 75.2 Å². The van der Waals surface area contributed by atoms with Gasteiger partial charge in [-0.05, 0) is 57.7 Å². The molecule has 168 valence electrons. The summed E-state index contributed by atoms with van der Waals surface area (Å²) in [6, 6.07) is 7.72. The molecule has 0 saturated carbocycles. The summed E-state index contributed by atoms with van der Waals surface area (Å²) in [5, 5.41) is 6.44. The minimum atomic E-state index is -0.257. The van der Waals surface area contributed by atoms with Gasteiger partial charge >= 0.3 is 0 Å². The molecule has 1 aliphatic rings. The lowest BCUT2D eigenvalue weighted by Gasteiger charge is -2.34. The number of aliphatic imine (C=N–C) groups is 1. The average Bonchev–Trinajstić information content (AvgIpc) is 2.71. The largest absolute Gasteiger partial charge is 0.385 e. The van der Waals surface area contributed by atoms with E-state index in [4.69, 9.17) is 9.47 Å². The molecular weight excluding hydrogens is 380 g/mol. The minimum absolute atomic E-state index is 0.0543. The molecule has 7 heteroatoms. The summed E-state index contributed by atoms with van der Waals surface area (Å²) in [7, 11) is 3.52. The van der Waals surface area contributed by atoms with Crippen LogP contribution in [0.25, 0.3) is 0 Å². The zero-order valence-electron chi connectivity index (χ0n) is 19.2. The SMILES string of the molecule is CN=C(NCc1cccc(C(=O)NC(C)(C)C)c1)N1CCC(OCCCOC)CC1. The number of hydrogen-bond donors (Lipinski definition) is 2. The molecular formula is C23H38N4O3. The van der Waals surface area contributed by atoms with Crippen LogP contribution in [-0.2, 0) is 16.0 Å². The van der Waals surface area contributed by atoms with Crippen LogP contribution in [0.15, 0.2) is 29.3 Å². The molecule has 1 heterocycles. The van der Waals surface area contributed by atoms with E-state index >= 15 is 0 Å². The monoisotopic (exact) mass is 418 g/mol. The number of nitrogens with zero attached hydrogens (tertiary/aromatic N) is 2. The van der Waals surface area contributed by atoms with Gasteiger partial charge in [0.25, 0.3) is 5.91 Å².